The van der Waals surface area contributed by atoms with E-state index in [2.05, 4.69) is 5.32 Å². The van der Waals surface area contributed by atoms with Gasteiger partial charge in [0.1, 0.15) is 5.92 Å². The summed E-state index contributed by atoms with van der Waals surface area (Å²) in [5, 5.41) is 2.40. The predicted molar refractivity (Wildman–Crippen MR) is 80.7 cm³/mol. The number of barbiturate groups is 1. The van der Waals surface area contributed by atoms with E-state index in [1.54, 1.807) is 0 Å². The number of nitrogens with one attached hydrogen (secondary N) is 1. The van der Waals surface area contributed by atoms with Crippen molar-refractivity contribution in [1.82, 2.24) is 10.2 Å². The van der Waals surface area contributed by atoms with Crippen molar-refractivity contribution in [1.29, 1.82) is 0 Å². The van der Waals surface area contributed by atoms with Crippen LogP contribution >= 0.6 is 11.8 Å². The second-order valence-corrected chi connectivity index (χ2v) is 7.55. The lowest BCUT2D eigenvalue weighted by Crippen LogP contribution is -2.60. The molecule has 6 heteroatoms. The second-order valence-electron chi connectivity index (χ2n) is 6.32. The van der Waals surface area contributed by atoms with E-state index < -0.39 is 11.9 Å². The second kappa shape index (κ2) is 6.38. The summed E-state index contributed by atoms with van der Waals surface area (Å²) in [6, 6.07) is -0.516. The molecule has 0 aromatic carbocycles. The highest BCUT2D eigenvalue weighted by Crippen LogP contribution is 2.34. The molecule has 2 saturated heterocycles. The fourth-order valence-electron chi connectivity index (χ4n) is 3.70. The zero-order valence-electron chi connectivity index (χ0n) is 12.2. The maximum atomic E-state index is 12.6. The first-order valence-electron chi connectivity index (χ1n) is 7.91. The van der Waals surface area contributed by atoms with Gasteiger partial charge in [-0.1, -0.05) is 12.8 Å². The van der Waals surface area contributed by atoms with Crippen molar-refractivity contribution in [3.05, 3.63) is 0 Å². The first-order valence-corrected chi connectivity index (χ1v) is 9.06. The molecule has 21 heavy (non-hydrogen) atoms. The maximum absolute atomic E-state index is 12.6. The standard InChI is InChI=1S/C15H22N2O3S/c18-13-12(11-3-1-2-4-11)14(19)17(15(20)16-13)9-10-5-7-21-8-6-10/h10-12H,1-9H2,(H,16,18,20). The molecule has 0 aromatic rings. The SMILES string of the molecule is O=C1NC(=O)N(CC2CCSCC2)C(=O)C1C1CCCC1. The molecule has 5 nitrogen and oxygen atoms in total. The Morgan fingerprint density at radius 2 is 1.71 bits per heavy atom. The van der Waals surface area contributed by atoms with Crippen LogP contribution in [0.15, 0.2) is 0 Å². The molecule has 1 aliphatic carbocycles. The van der Waals surface area contributed by atoms with E-state index in [9.17, 15) is 14.4 Å². The van der Waals surface area contributed by atoms with Crippen LogP contribution in [0.4, 0.5) is 4.79 Å². The minimum absolute atomic E-state index is 0.120. The quantitative estimate of drug-likeness (QED) is 0.810. The van der Waals surface area contributed by atoms with Crippen LogP contribution in [0.3, 0.4) is 0 Å². The number of rotatable bonds is 3. The number of hydrogen-bond donors (Lipinski definition) is 1. The summed E-state index contributed by atoms with van der Waals surface area (Å²) in [6.45, 7) is 0.474. The summed E-state index contributed by atoms with van der Waals surface area (Å²) >= 11 is 1.93. The van der Waals surface area contributed by atoms with Gasteiger partial charge in [0.05, 0.1) is 0 Å². The topological polar surface area (TPSA) is 66.5 Å². The molecule has 0 aromatic heterocycles. The highest BCUT2D eigenvalue weighted by atomic mass is 32.2. The monoisotopic (exact) mass is 310 g/mol. The summed E-state index contributed by atoms with van der Waals surface area (Å²) in [5.74, 6) is 1.43. The first-order chi connectivity index (χ1) is 10.2. The van der Waals surface area contributed by atoms with E-state index >= 15 is 0 Å². The maximum Gasteiger partial charge on any atom is 0.330 e. The third kappa shape index (κ3) is 3.10. The van der Waals surface area contributed by atoms with Crippen LogP contribution in [-0.2, 0) is 9.59 Å². The lowest BCUT2D eigenvalue weighted by Gasteiger charge is -2.35. The van der Waals surface area contributed by atoms with E-state index in [-0.39, 0.29) is 17.7 Å². The van der Waals surface area contributed by atoms with Gasteiger partial charge >= 0.3 is 6.03 Å². The zero-order valence-corrected chi connectivity index (χ0v) is 13.0. The molecule has 0 spiro atoms. The number of amides is 4. The average molecular weight is 310 g/mol. The summed E-state index contributed by atoms with van der Waals surface area (Å²) in [6.07, 6.45) is 6.09. The minimum Gasteiger partial charge on any atom is -0.277 e. The molecule has 1 saturated carbocycles. The molecule has 2 heterocycles. The van der Waals surface area contributed by atoms with Crippen molar-refractivity contribution >= 4 is 29.6 Å². The van der Waals surface area contributed by atoms with E-state index in [1.807, 2.05) is 11.8 Å². The number of carbonyl (C=O) groups excluding carboxylic acids is 3. The number of hydrogen-bond acceptors (Lipinski definition) is 4. The Labute approximate surface area is 129 Å². The summed E-state index contributed by atoms with van der Waals surface area (Å²) < 4.78 is 0. The van der Waals surface area contributed by atoms with E-state index in [0.717, 1.165) is 50.0 Å². The minimum atomic E-state index is -0.636. The van der Waals surface area contributed by atoms with Crippen molar-refractivity contribution in [2.75, 3.05) is 18.1 Å². The third-order valence-corrected chi connectivity index (χ3v) is 5.99. The highest BCUT2D eigenvalue weighted by Gasteiger charge is 2.45. The van der Waals surface area contributed by atoms with Crippen LogP contribution in [0.5, 0.6) is 0 Å². The number of nitrogens with zero attached hydrogens (tertiary/aromatic N) is 1. The lowest BCUT2D eigenvalue weighted by atomic mass is 9.87. The van der Waals surface area contributed by atoms with Crippen LogP contribution in [0.25, 0.3) is 0 Å². The number of thioether (sulfide) groups is 1. The van der Waals surface area contributed by atoms with Crippen molar-refractivity contribution in [2.24, 2.45) is 17.8 Å². The molecule has 0 radical (unpaired) electrons. The molecule has 1 atom stereocenters. The number of urea groups is 1. The number of imide groups is 2. The first kappa shape index (κ1) is 14.9. The van der Waals surface area contributed by atoms with E-state index in [4.69, 9.17) is 0 Å². The van der Waals surface area contributed by atoms with Crippen molar-refractivity contribution in [2.45, 2.75) is 38.5 Å². The molecular weight excluding hydrogens is 288 g/mol. The molecule has 1 N–H and O–H groups in total. The van der Waals surface area contributed by atoms with Gasteiger partial charge in [-0.05, 0) is 49.0 Å². The van der Waals surface area contributed by atoms with Crippen molar-refractivity contribution in [3.63, 3.8) is 0 Å². The van der Waals surface area contributed by atoms with Crippen LogP contribution in [0.1, 0.15) is 38.5 Å². The van der Waals surface area contributed by atoms with Gasteiger partial charge in [0, 0.05) is 6.54 Å². The molecule has 2 aliphatic heterocycles. The third-order valence-electron chi connectivity index (χ3n) is 4.94. The summed E-state index contributed by atoms with van der Waals surface area (Å²) in [7, 11) is 0. The Morgan fingerprint density at radius 3 is 2.38 bits per heavy atom. The average Bonchev–Trinajstić information content (AvgIpc) is 2.98. The van der Waals surface area contributed by atoms with Gasteiger partial charge in [-0.25, -0.2) is 4.79 Å². The highest BCUT2D eigenvalue weighted by molar-refractivity contribution is 7.99. The largest absolute Gasteiger partial charge is 0.330 e. The van der Waals surface area contributed by atoms with Gasteiger partial charge < -0.3 is 0 Å². The molecule has 1 unspecified atom stereocenters. The zero-order chi connectivity index (χ0) is 14.8. The molecule has 4 amide bonds. The van der Waals surface area contributed by atoms with Gasteiger partial charge in [-0.3, -0.25) is 19.8 Å². The Morgan fingerprint density at radius 1 is 1.05 bits per heavy atom. The normalized spacial score (nSPS) is 29.0. The predicted octanol–water partition coefficient (Wildman–Crippen LogP) is 2.01. The van der Waals surface area contributed by atoms with Gasteiger partial charge in [0.2, 0.25) is 11.8 Å². The Hall–Kier alpha value is -1.04. The smallest absolute Gasteiger partial charge is 0.277 e. The fourth-order valence-corrected chi connectivity index (χ4v) is 4.90. The molecule has 3 rings (SSSR count). The molecule has 3 aliphatic rings. The van der Waals surface area contributed by atoms with Crippen LogP contribution in [0, 0.1) is 17.8 Å². The van der Waals surface area contributed by atoms with Crippen LogP contribution in [-0.4, -0.2) is 40.8 Å². The molecular formula is C15H22N2O3S. The van der Waals surface area contributed by atoms with Crippen molar-refractivity contribution < 1.29 is 14.4 Å². The van der Waals surface area contributed by atoms with Gasteiger partial charge in [0.25, 0.3) is 0 Å². The van der Waals surface area contributed by atoms with Crippen LogP contribution in [0.2, 0.25) is 0 Å². The Balaban J connectivity index is 1.70. The molecule has 3 fully saturated rings. The summed E-state index contributed by atoms with van der Waals surface area (Å²) in [5.41, 5.74) is 0. The summed E-state index contributed by atoms with van der Waals surface area (Å²) in [4.78, 5) is 38.0. The lowest BCUT2D eigenvalue weighted by molar-refractivity contribution is -0.145. The van der Waals surface area contributed by atoms with Gasteiger partial charge in [-0.2, -0.15) is 11.8 Å². The van der Waals surface area contributed by atoms with E-state index in [0.29, 0.717) is 12.5 Å². The van der Waals surface area contributed by atoms with Crippen molar-refractivity contribution in [3.8, 4) is 0 Å². The van der Waals surface area contributed by atoms with E-state index in [1.165, 1.54) is 4.90 Å². The fraction of sp³-hybridized carbons (Fsp3) is 0.800. The molecule has 116 valence electrons. The molecule has 0 bridgehead atoms. The number of carbonyl (C=O) groups is 3. The Bertz CT molecular complexity index is 442. The van der Waals surface area contributed by atoms with Gasteiger partial charge in [-0.15, -0.1) is 0 Å². The van der Waals surface area contributed by atoms with Gasteiger partial charge in [0.15, 0.2) is 0 Å². The Kier molecular flexibility index (Phi) is 4.52. The van der Waals surface area contributed by atoms with Crippen LogP contribution < -0.4 is 5.32 Å².